The van der Waals surface area contributed by atoms with Crippen molar-refractivity contribution in [1.29, 1.82) is 0 Å². The maximum atomic E-state index is 12.4. The highest BCUT2D eigenvalue weighted by molar-refractivity contribution is 7.13. The molecule has 1 aromatic carbocycles. The van der Waals surface area contributed by atoms with Crippen molar-refractivity contribution in [3.05, 3.63) is 51.2 Å². The normalized spacial score (nSPS) is 14.3. The zero-order valence-electron chi connectivity index (χ0n) is 10.8. The lowest BCUT2D eigenvalue weighted by Crippen LogP contribution is -2.35. The van der Waals surface area contributed by atoms with E-state index in [1.807, 2.05) is 36.1 Å². The van der Waals surface area contributed by atoms with Crippen molar-refractivity contribution in [2.75, 3.05) is 12.3 Å². The van der Waals surface area contributed by atoms with Gasteiger partial charge in [0, 0.05) is 23.7 Å². The molecule has 3 nitrogen and oxygen atoms in total. The van der Waals surface area contributed by atoms with E-state index in [9.17, 15) is 4.79 Å². The minimum atomic E-state index is 0.131. The van der Waals surface area contributed by atoms with Crippen LogP contribution in [0.4, 0.5) is 5.69 Å². The van der Waals surface area contributed by atoms with E-state index in [-0.39, 0.29) is 5.91 Å². The van der Waals surface area contributed by atoms with Gasteiger partial charge >= 0.3 is 0 Å². The average molecular weight is 272 g/mol. The van der Waals surface area contributed by atoms with E-state index in [0.717, 1.165) is 23.5 Å². The van der Waals surface area contributed by atoms with Crippen LogP contribution in [0.2, 0.25) is 0 Å². The number of hydrogen-bond acceptors (Lipinski definition) is 3. The van der Waals surface area contributed by atoms with Crippen LogP contribution in [0.1, 0.15) is 25.7 Å². The topological polar surface area (TPSA) is 46.3 Å². The van der Waals surface area contributed by atoms with Crippen molar-refractivity contribution < 1.29 is 4.79 Å². The number of fused-ring (bicyclic) bond motifs is 1. The Morgan fingerprint density at radius 2 is 2.11 bits per heavy atom. The van der Waals surface area contributed by atoms with Crippen LogP contribution in [0.15, 0.2) is 30.3 Å². The zero-order valence-corrected chi connectivity index (χ0v) is 11.7. The second-order valence-electron chi connectivity index (χ2n) is 4.92. The number of aryl methyl sites for hydroxylation is 1. The Labute approximate surface area is 116 Å². The molecule has 1 amide bonds. The Bertz CT molecular complexity index is 633. The highest BCUT2D eigenvalue weighted by Crippen LogP contribution is 2.24. The molecule has 1 aromatic heterocycles. The molecule has 98 valence electrons. The number of benzene rings is 1. The SMILES string of the molecule is Cc1ccc(C(=O)N2CCc3ccc(N)cc3C2)s1. The van der Waals surface area contributed by atoms with Gasteiger partial charge < -0.3 is 10.6 Å². The van der Waals surface area contributed by atoms with Crippen molar-refractivity contribution in [2.24, 2.45) is 0 Å². The van der Waals surface area contributed by atoms with Crippen molar-refractivity contribution >= 4 is 22.9 Å². The van der Waals surface area contributed by atoms with Crippen LogP contribution in [0, 0.1) is 6.92 Å². The average Bonchev–Trinajstić information content (AvgIpc) is 2.83. The molecule has 0 unspecified atom stereocenters. The first-order valence-electron chi connectivity index (χ1n) is 6.36. The molecule has 19 heavy (non-hydrogen) atoms. The standard InChI is InChI=1S/C15H16N2OS/c1-10-2-5-14(19-10)15(18)17-7-6-11-3-4-13(16)8-12(11)9-17/h2-5,8H,6-7,9,16H2,1H3. The Balaban J connectivity index is 1.83. The van der Waals surface area contributed by atoms with Crippen molar-refractivity contribution in [1.82, 2.24) is 4.90 Å². The van der Waals surface area contributed by atoms with Crippen LogP contribution in [0.25, 0.3) is 0 Å². The molecule has 2 aromatic rings. The molecule has 0 saturated heterocycles. The van der Waals surface area contributed by atoms with Crippen LogP contribution in [-0.4, -0.2) is 17.4 Å². The van der Waals surface area contributed by atoms with Crippen molar-refractivity contribution in [3.8, 4) is 0 Å². The fraction of sp³-hybridized carbons (Fsp3) is 0.267. The van der Waals surface area contributed by atoms with E-state index in [0.29, 0.717) is 6.54 Å². The predicted molar refractivity (Wildman–Crippen MR) is 78.4 cm³/mol. The summed E-state index contributed by atoms with van der Waals surface area (Å²) < 4.78 is 0. The van der Waals surface area contributed by atoms with E-state index >= 15 is 0 Å². The van der Waals surface area contributed by atoms with Gasteiger partial charge in [0.1, 0.15) is 0 Å². The van der Waals surface area contributed by atoms with Crippen LogP contribution < -0.4 is 5.73 Å². The summed E-state index contributed by atoms with van der Waals surface area (Å²) in [5.41, 5.74) is 9.06. The van der Waals surface area contributed by atoms with Crippen molar-refractivity contribution in [3.63, 3.8) is 0 Å². The van der Waals surface area contributed by atoms with E-state index in [4.69, 9.17) is 5.73 Å². The summed E-state index contributed by atoms with van der Waals surface area (Å²) in [5, 5.41) is 0. The lowest BCUT2D eigenvalue weighted by molar-refractivity contribution is 0.0739. The minimum absolute atomic E-state index is 0.131. The van der Waals surface area contributed by atoms with Gasteiger partial charge in [-0.25, -0.2) is 0 Å². The van der Waals surface area contributed by atoms with Gasteiger partial charge in [-0.15, -0.1) is 11.3 Å². The van der Waals surface area contributed by atoms with Gasteiger partial charge in [-0.1, -0.05) is 6.07 Å². The van der Waals surface area contributed by atoms with Gasteiger partial charge in [0.25, 0.3) is 5.91 Å². The second-order valence-corrected chi connectivity index (χ2v) is 6.20. The molecule has 2 heterocycles. The number of nitrogen functional groups attached to an aromatic ring is 1. The maximum absolute atomic E-state index is 12.4. The first-order chi connectivity index (χ1) is 9.13. The highest BCUT2D eigenvalue weighted by atomic mass is 32.1. The summed E-state index contributed by atoms with van der Waals surface area (Å²) in [6.07, 6.45) is 0.908. The molecule has 4 heteroatoms. The lowest BCUT2D eigenvalue weighted by Gasteiger charge is -2.28. The minimum Gasteiger partial charge on any atom is -0.399 e. The van der Waals surface area contributed by atoms with E-state index in [2.05, 4.69) is 6.07 Å². The van der Waals surface area contributed by atoms with Crippen LogP contribution in [-0.2, 0) is 13.0 Å². The number of hydrogen-bond donors (Lipinski definition) is 1. The third kappa shape index (κ3) is 2.36. The summed E-state index contributed by atoms with van der Waals surface area (Å²) in [6, 6.07) is 9.89. The lowest BCUT2D eigenvalue weighted by atomic mass is 9.99. The molecular formula is C15H16N2OS. The smallest absolute Gasteiger partial charge is 0.264 e. The number of rotatable bonds is 1. The maximum Gasteiger partial charge on any atom is 0.264 e. The molecule has 1 aliphatic rings. The third-order valence-corrected chi connectivity index (χ3v) is 4.47. The molecule has 0 saturated carbocycles. The number of amides is 1. The molecule has 0 aliphatic carbocycles. The van der Waals surface area contributed by atoms with E-state index < -0.39 is 0 Å². The number of carbonyl (C=O) groups is 1. The molecule has 0 radical (unpaired) electrons. The number of nitrogens with two attached hydrogens (primary N) is 1. The molecule has 1 aliphatic heterocycles. The molecule has 0 atom stereocenters. The zero-order chi connectivity index (χ0) is 13.4. The Kier molecular flexibility index (Phi) is 3.03. The summed E-state index contributed by atoms with van der Waals surface area (Å²) >= 11 is 1.56. The van der Waals surface area contributed by atoms with E-state index in [1.165, 1.54) is 16.0 Å². The number of thiophene rings is 1. The Morgan fingerprint density at radius 3 is 2.84 bits per heavy atom. The van der Waals surface area contributed by atoms with Crippen LogP contribution in [0.5, 0.6) is 0 Å². The van der Waals surface area contributed by atoms with Crippen LogP contribution in [0.3, 0.4) is 0 Å². The fourth-order valence-electron chi connectivity index (χ4n) is 2.46. The predicted octanol–water partition coefficient (Wildman–Crippen LogP) is 2.84. The first-order valence-corrected chi connectivity index (χ1v) is 7.18. The van der Waals surface area contributed by atoms with Crippen molar-refractivity contribution in [2.45, 2.75) is 19.9 Å². The first kappa shape index (κ1) is 12.2. The summed E-state index contributed by atoms with van der Waals surface area (Å²) in [6.45, 7) is 3.47. The molecular weight excluding hydrogens is 256 g/mol. The summed E-state index contributed by atoms with van der Waals surface area (Å²) in [5.74, 6) is 0.131. The largest absolute Gasteiger partial charge is 0.399 e. The van der Waals surface area contributed by atoms with Crippen LogP contribution >= 0.6 is 11.3 Å². The van der Waals surface area contributed by atoms with E-state index in [1.54, 1.807) is 11.3 Å². The fourth-order valence-corrected chi connectivity index (χ4v) is 3.29. The highest BCUT2D eigenvalue weighted by Gasteiger charge is 2.22. The number of carbonyl (C=O) groups excluding carboxylic acids is 1. The Morgan fingerprint density at radius 1 is 1.26 bits per heavy atom. The summed E-state index contributed by atoms with van der Waals surface area (Å²) in [7, 11) is 0. The van der Waals surface area contributed by atoms with Gasteiger partial charge in [0.2, 0.25) is 0 Å². The van der Waals surface area contributed by atoms with Gasteiger partial charge in [-0.3, -0.25) is 4.79 Å². The quantitative estimate of drug-likeness (QED) is 0.811. The van der Waals surface area contributed by atoms with Gasteiger partial charge in [-0.05, 0) is 48.7 Å². The Hall–Kier alpha value is -1.81. The van der Waals surface area contributed by atoms with Gasteiger partial charge in [0.05, 0.1) is 4.88 Å². The summed E-state index contributed by atoms with van der Waals surface area (Å²) in [4.78, 5) is 16.3. The second kappa shape index (κ2) is 4.70. The third-order valence-electron chi connectivity index (χ3n) is 3.48. The number of anilines is 1. The molecule has 3 rings (SSSR count). The molecule has 0 fully saturated rings. The van der Waals surface area contributed by atoms with Gasteiger partial charge in [-0.2, -0.15) is 0 Å². The molecule has 0 spiro atoms. The molecule has 0 bridgehead atoms. The van der Waals surface area contributed by atoms with Gasteiger partial charge in [0.15, 0.2) is 0 Å². The monoisotopic (exact) mass is 272 g/mol. The molecule has 2 N–H and O–H groups in total. The number of nitrogens with zero attached hydrogens (tertiary/aromatic N) is 1.